The number of carbonyl (C=O) groups is 18. The molecule has 0 bridgehead atoms. The summed E-state index contributed by atoms with van der Waals surface area (Å²) in [6.45, 7) is 3.19. The largest absolute Gasteiger partial charge is 0.481 e. The van der Waals surface area contributed by atoms with Crippen LogP contribution in [0.1, 0.15) is 90.5 Å². The number of primary amides is 4. The molecule has 0 aliphatic rings. The van der Waals surface area contributed by atoms with Crippen LogP contribution in [-0.2, 0) is 92.7 Å². The molecule has 0 unspecified atom stereocenters. The van der Waals surface area contributed by atoms with Crippen LogP contribution in [0.3, 0.4) is 0 Å². The Labute approximate surface area is 514 Å². The minimum Gasteiger partial charge on any atom is -0.481 e. The van der Waals surface area contributed by atoms with E-state index in [1.807, 2.05) is 5.32 Å². The molecule has 2 aromatic rings. The average molecular weight is 1290 g/mol. The Morgan fingerprint density at radius 1 is 0.407 bits per heavy atom. The number of aromatic amines is 1. The Morgan fingerprint density at radius 3 is 1.12 bits per heavy atom. The number of hydrogen-bond acceptors (Lipinski definition) is 20. The van der Waals surface area contributed by atoms with Crippen molar-refractivity contribution in [3.8, 4) is 0 Å². The summed E-state index contributed by atoms with van der Waals surface area (Å²) in [4.78, 5) is 233. The van der Waals surface area contributed by atoms with Crippen LogP contribution in [0.2, 0.25) is 0 Å². The Kier molecular flexibility index (Phi) is 30.5. The molecule has 14 amide bonds. The van der Waals surface area contributed by atoms with E-state index in [2.05, 4.69) is 52.8 Å². The lowest BCUT2D eigenvalue weighted by Gasteiger charge is -2.27. The first-order valence-corrected chi connectivity index (χ1v) is 27.4. The second-order valence-electron chi connectivity index (χ2n) is 20.6. The number of nitrogens with one attached hydrogen (secondary N) is 11. The summed E-state index contributed by atoms with van der Waals surface area (Å²) < 4.78 is 0. The maximum Gasteiger partial charge on any atom is 0.305 e. The van der Waals surface area contributed by atoms with Crippen molar-refractivity contribution in [1.82, 2.24) is 58.2 Å². The van der Waals surface area contributed by atoms with Gasteiger partial charge in [-0.3, -0.25) is 86.3 Å². The molecule has 1 aromatic heterocycles. The van der Waals surface area contributed by atoms with Gasteiger partial charge in [-0.25, -0.2) is 0 Å². The minimum atomic E-state index is -2.10. The van der Waals surface area contributed by atoms with Crippen molar-refractivity contribution in [3.05, 3.63) is 36.0 Å². The van der Waals surface area contributed by atoms with Gasteiger partial charge in [-0.2, -0.15) is 0 Å². The van der Waals surface area contributed by atoms with Gasteiger partial charge in [0.05, 0.1) is 31.8 Å². The van der Waals surface area contributed by atoms with Gasteiger partial charge >= 0.3 is 23.9 Å². The van der Waals surface area contributed by atoms with E-state index in [0.717, 1.165) is 20.8 Å². The van der Waals surface area contributed by atoms with Crippen LogP contribution in [0.25, 0.3) is 10.9 Å². The summed E-state index contributed by atoms with van der Waals surface area (Å²) in [5.74, 6) is -23.8. The molecule has 26 N–H and O–H groups in total. The summed E-state index contributed by atoms with van der Waals surface area (Å²) in [6.07, 6.45) is -8.85. The van der Waals surface area contributed by atoms with Crippen LogP contribution >= 0.6 is 0 Å². The number of hydrogen-bond donors (Lipinski definition) is 21. The van der Waals surface area contributed by atoms with Crippen LogP contribution in [0.5, 0.6) is 0 Å². The van der Waals surface area contributed by atoms with E-state index in [0.29, 0.717) is 16.5 Å². The summed E-state index contributed by atoms with van der Waals surface area (Å²) in [7, 11) is 0. The summed E-state index contributed by atoms with van der Waals surface area (Å²) >= 11 is 0. The molecule has 0 saturated heterocycles. The predicted molar refractivity (Wildman–Crippen MR) is 306 cm³/mol. The highest BCUT2D eigenvalue weighted by Crippen LogP contribution is 2.20. The monoisotopic (exact) mass is 1290 g/mol. The molecule has 2 rings (SSSR count). The van der Waals surface area contributed by atoms with E-state index < -0.39 is 250 Å². The van der Waals surface area contributed by atoms with Crippen LogP contribution in [-0.4, -0.2) is 210 Å². The normalized spacial score (nSPS) is 14.9. The lowest BCUT2D eigenvalue weighted by atomic mass is 10.0. The van der Waals surface area contributed by atoms with E-state index in [9.17, 15) is 107 Å². The fourth-order valence-corrected chi connectivity index (χ4v) is 8.17. The van der Waals surface area contributed by atoms with Crippen molar-refractivity contribution in [2.75, 3.05) is 0 Å². The number of nitrogens with two attached hydrogens (primary N) is 5. The van der Waals surface area contributed by atoms with Gasteiger partial charge in [0.1, 0.15) is 66.5 Å². The van der Waals surface area contributed by atoms with E-state index in [1.165, 1.54) is 6.20 Å². The predicted octanol–water partition coefficient (Wildman–Crippen LogP) is -9.51. The van der Waals surface area contributed by atoms with Gasteiger partial charge in [0.25, 0.3) is 0 Å². The number of aliphatic hydroxyl groups excluding tert-OH is 1. The Morgan fingerprint density at radius 2 is 0.725 bits per heavy atom. The third kappa shape index (κ3) is 27.0. The molecule has 39 heteroatoms. The molecule has 0 aliphatic carbocycles. The zero-order valence-electron chi connectivity index (χ0n) is 49.1. The average Bonchev–Trinajstić information content (AvgIpc) is 1.84. The van der Waals surface area contributed by atoms with Gasteiger partial charge < -0.3 is 112 Å². The second kappa shape index (κ2) is 36.4. The number of carboxylic acids is 4. The fourth-order valence-electron chi connectivity index (χ4n) is 8.17. The van der Waals surface area contributed by atoms with Crippen molar-refractivity contribution in [2.24, 2.45) is 28.7 Å². The first-order valence-electron chi connectivity index (χ1n) is 27.4. The van der Waals surface area contributed by atoms with Crippen molar-refractivity contribution < 1.29 is 112 Å². The molecule has 12 atom stereocenters. The smallest absolute Gasteiger partial charge is 0.305 e. The number of aromatic nitrogens is 1. The number of carboxylic acid groups (broad SMARTS) is 4. The van der Waals surface area contributed by atoms with Crippen molar-refractivity contribution in [1.29, 1.82) is 0 Å². The number of fused-ring (bicyclic) bond motifs is 1. The van der Waals surface area contributed by atoms with Crippen molar-refractivity contribution >= 4 is 117 Å². The van der Waals surface area contributed by atoms with Gasteiger partial charge in [-0.05, 0) is 51.7 Å². The molecule has 0 radical (unpaired) electrons. The Hall–Kier alpha value is -10.9. The third-order valence-corrected chi connectivity index (χ3v) is 13.1. The highest BCUT2D eigenvalue weighted by atomic mass is 16.4. The maximum absolute atomic E-state index is 14.2. The Bertz CT molecular complexity index is 3100. The lowest BCUT2D eigenvalue weighted by Crippen LogP contribution is -2.61. The van der Waals surface area contributed by atoms with Gasteiger partial charge in [0.2, 0.25) is 82.7 Å². The maximum atomic E-state index is 14.2. The van der Waals surface area contributed by atoms with E-state index in [4.69, 9.17) is 33.8 Å². The third-order valence-electron chi connectivity index (χ3n) is 13.1. The number of benzene rings is 1. The molecule has 1 aromatic carbocycles. The second-order valence-corrected chi connectivity index (χ2v) is 20.6. The number of amides is 14. The van der Waals surface area contributed by atoms with Crippen molar-refractivity contribution in [3.63, 3.8) is 0 Å². The number of para-hydroxylation sites is 1. The minimum absolute atomic E-state index is 0.337. The van der Waals surface area contributed by atoms with E-state index >= 15 is 0 Å². The summed E-state index contributed by atoms with van der Waals surface area (Å²) in [6, 6.07) is -13.7. The van der Waals surface area contributed by atoms with Gasteiger partial charge in [-0.1, -0.05) is 18.2 Å². The van der Waals surface area contributed by atoms with Gasteiger partial charge in [0, 0.05) is 42.8 Å². The molecule has 0 spiro atoms. The molecular weight excluding hydrogens is 1220 g/mol. The number of carbonyl (C=O) groups excluding carboxylic acids is 14. The summed E-state index contributed by atoms with van der Waals surface area (Å²) in [5, 5.41) is 69.2. The lowest BCUT2D eigenvalue weighted by molar-refractivity contribution is -0.142. The SMILES string of the molecule is C[C@H](NC(=O)[C@H](Cc1c[nH]c2ccccc12)NC(=O)[C@H](CC(N)=O)NC(=O)[C@H](CCC(=O)O)NC(=O)[C@H](C)NC(=O)[C@H](CCC(=O)O)NC(=O)[C@H](CC(N)=O)NC(=O)[C@@H](N)[C@@H](C)O)C(=O)N[C@@H](CC(=O)O)C(=O)N[C@@H](CC(N)=O)C(=O)N[C@@H](CCC(=O)O)C(N)=O. The molecule has 0 saturated carbocycles. The fraction of sp³-hybridized carbons (Fsp3) is 0.500. The highest BCUT2D eigenvalue weighted by molar-refractivity contribution is 6.01. The quantitative estimate of drug-likeness (QED) is 0.0294. The molecule has 39 nitrogen and oxygen atoms in total. The topological polar surface area (TPSA) is 675 Å². The van der Waals surface area contributed by atoms with E-state index in [-0.39, 0.29) is 0 Å². The standard InChI is InChI=1S/C52H74N16O23/c1-20(59-45(84)27(9-12-38(75)76)63-49(88)32(17-36(55)72)68-52(91)41(56)22(3)69)43(82)62-28(10-13-39(77)78)46(85)66-31(16-35(54)71)50(89)65-29(14-23-19-58-25-7-5-4-6-24(23)25)47(86)60-21(2)44(83)64-33(18-40(79)80)51(90)67-30(15-34(53)70)48(87)61-26(42(57)81)8-11-37(73)74/h4-7,19-22,26-33,41,58,69H,8-18,56H2,1-3H3,(H2,53,70)(H2,54,71)(H2,55,72)(H2,57,81)(H,59,84)(H,60,86)(H,61,87)(H,62,82)(H,63,88)(H,64,83)(H,65,89)(H,66,85)(H,67,90)(H,68,91)(H,73,74)(H,75,76)(H,77,78)(H,79,80)/t20-,21-,22+,26-,27-,28-,29-,30-,31-,32-,33-,41-/m0/s1. The van der Waals surface area contributed by atoms with Crippen LogP contribution in [0.4, 0.5) is 0 Å². The zero-order chi connectivity index (χ0) is 69.1. The Balaban J connectivity index is 2.47. The highest BCUT2D eigenvalue weighted by Gasteiger charge is 2.37. The molecule has 91 heavy (non-hydrogen) atoms. The number of H-pyrrole nitrogens is 1. The molecule has 0 aliphatic heterocycles. The molecule has 500 valence electrons. The van der Waals surface area contributed by atoms with Crippen LogP contribution in [0, 0.1) is 0 Å². The zero-order valence-corrected chi connectivity index (χ0v) is 49.1. The van der Waals surface area contributed by atoms with Crippen LogP contribution in [0.15, 0.2) is 30.5 Å². The van der Waals surface area contributed by atoms with Crippen molar-refractivity contribution in [2.45, 2.75) is 164 Å². The van der Waals surface area contributed by atoms with E-state index in [1.54, 1.807) is 24.3 Å². The first-order chi connectivity index (χ1) is 42.4. The summed E-state index contributed by atoms with van der Waals surface area (Å²) in [5.41, 5.74) is 27.6. The van der Waals surface area contributed by atoms with Crippen LogP contribution < -0.4 is 81.8 Å². The number of aliphatic carboxylic acids is 4. The molecule has 1 heterocycles. The number of rotatable bonds is 41. The first kappa shape index (κ1) is 76.2. The molecule has 0 fully saturated rings. The van der Waals surface area contributed by atoms with Gasteiger partial charge in [-0.15, -0.1) is 0 Å². The number of aliphatic hydroxyl groups is 1. The van der Waals surface area contributed by atoms with Gasteiger partial charge in [0.15, 0.2) is 0 Å². The molecular formula is C52H74N16O23.